The zero-order valence-electron chi connectivity index (χ0n) is 17.4. The van der Waals surface area contributed by atoms with E-state index in [2.05, 4.69) is 25.4 Å². The largest absolute Gasteiger partial charge is 0.477 e. The van der Waals surface area contributed by atoms with Crippen LogP contribution in [0.2, 0.25) is 0 Å². The van der Waals surface area contributed by atoms with Gasteiger partial charge in [-0.25, -0.2) is 19.7 Å². The number of thiazole rings is 1. The fourth-order valence-corrected chi connectivity index (χ4v) is 5.66. The molecule has 0 bridgehead atoms. The number of hydrogen-bond donors (Lipinski definition) is 3. The van der Waals surface area contributed by atoms with Crippen LogP contribution in [0.3, 0.4) is 0 Å². The summed E-state index contributed by atoms with van der Waals surface area (Å²) in [5.41, 5.74) is 6.04. The number of carboxylic acids is 1. The second kappa shape index (κ2) is 10.2. The van der Waals surface area contributed by atoms with E-state index in [1.807, 2.05) is 0 Å². The molecule has 12 nitrogen and oxygen atoms in total. The highest BCUT2D eigenvalue weighted by molar-refractivity contribution is 8.02. The standard InChI is InChI=1S/C19H17N7O5S3/c1-31-25-11(10-8-34-18(20)23-10)14(27)24-12-15(28)26-13(17(29)30)9(7-33-16(12)26)3-6-32-19-21-4-2-5-22-19/h2-6,8,12,16H,7H2,1H3,(H2,20,23)(H,24,27)(H,29,30)/b6-3+,25-11+. The number of oxime groups is 1. The fraction of sp³-hybridized carbons (Fsp3) is 0.211. The summed E-state index contributed by atoms with van der Waals surface area (Å²) in [6, 6.07) is 0.764. The molecule has 15 heteroatoms. The van der Waals surface area contributed by atoms with Crippen LogP contribution < -0.4 is 11.1 Å². The number of fused-ring (bicyclic) bond motifs is 1. The summed E-state index contributed by atoms with van der Waals surface area (Å²) < 4.78 is 0. The zero-order chi connectivity index (χ0) is 24.2. The van der Waals surface area contributed by atoms with E-state index in [9.17, 15) is 19.5 Å². The molecule has 2 amide bonds. The topological polar surface area (TPSA) is 173 Å². The third-order valence-electron chi connectivity index (χ3n) is 4.63. The van der Waals surface area contributed by atoms with Crippen LogP contribution >= 0.6 is 34.9 Å². The molecule has 176 valence electrons. The predicted octanol–water partition coefficient (Wildman–Crippen LogP) is 0.910. The minimum atomic E-state index is -1.23. The van der Waals surface area contributed by atoms with E-state index < -0.39 is 29.2 Å². The van der Waals surface area contributed by atoms with Gasteiger partial charge in [0, 0.05) is 23.5 Å². The van der Waals surface area contributed by atoms with Gasteiger partial charge < -0.3 is 21.0 Å². The monoisotopic (exact) mass is 519 g/mol. The van der Waals surface area contributed by atoms with Gasteiger partial charge in [-0.3, -0.25) is 14.5 Å². The molecule has 2 aliphatic heterocycles. The van der Waals surface area contributed by atoms with Gasteiger partial charge in [0.1, 0.15) is 29.9 Å². The maximum Gasteiger partial charge on any atom is 0.352 e. The molecule has 4 rings (SSSR count). The molecule has 0 aliphatic carbocycles. The second-order valence-electron chi connectivity index (χ2n) is 6.69. The summed E-state index contributed by atoms with van der Waals surface area (Å²) in [6.45, 7) is 0. The Morgan fingerprint density at radius 3 is 2.82 bits per heavy atom. The van der Waals surface area contributed by atoms with E-state index in [-0.39, 0.29) is 22.2 Å². The van der Waals surface area contributed by atoms with Gasteiger partial charge in [-0.05, 0) is 23.1 Å². The number of nitrogens with zero attached hydrogens (tertiary/aromatic N) is 5. The average Bonchev–Trinajstić information content (AvgIpc) is 3.26. The number of hydrogen-bond acceptors (Lipinski definition) is 12. The molecule has 4 heterocycles. The van der Waals surface area contributed by atoms with Crippen molar-refractivity contribution in [2.24, 2.45) is 5.16 Å². The lowest BCUT2D eigenvalue weighted by Crippen LogP contribution is -2.71. The number of thioether (sulfide) groups is 2. The van der Waals surface area contributed by atoms with Crippen LogP contribution in [0.4, 0.5) is 5.13 Å². The quantitative estimate of drug-likeness (QED) is 0.149. The predicted molar refractivity (Wildman–Crippen MR) is 127 cm³/mol. The highest BCUT2D eigenvalue weighted by Crippen LogP contribution is 2.41. The zero-order valence-corrected chi connectivity index (χ0v) is 19.9. The van der Waals surface area contributed by atoms with Crippen LogP contribution in [-0.4, -0.2) is 72.7 Å². The van der Waals surface area contributed by atoms with E-state index >= 15 is 0 Å². The maximum atomic E-state index is 12.9. The number of anilines is 1. The first-order valence-corrected chi connectivity index (χ1v) is 12.4. The normalized spacial score (nSPS) is 20.2. The van der Waals surface area contributed by atoms with Gasteiger partial charge in [-0.2, -0.15) is 0 Å². The molecular formula is C19H17N7O5S3. The van der Waals surface area contributed by atoms with Crippen molar-refractivity contribution in [2.45, 2.75) is 16.6 Å². The molecule has 4 N–H and O–H groups in total. The Kier molecular flexibility index (Phi) is 7.14. The van der Waals surface area contributed by atoms with Gasteiger partial charge >= 0.3 is 5.97 Å². The highest BCUT2D eigenvalue weighted by Gasteiger charge is 2.54. The Morgan fingerprint density at radius 2 is 2.18 bits per heavy atom. The third-order valence-corrected chi connectivity index (χ3v) is 7.30. The number of allylic oxidation sites excluding steroid dienone is 1. The summed E-state index contributed by atoms with van der Waals surface area (Å²) in [5.74, 6) is -2.13. The van der Waals surface area contributed by atoms with Crippen molar-refractivity contribution in [3.63, 3.8) is 0 Å². The molecule has 2 atom stereocenters. The number of amides is 2. The Labute approximate surface area is 205 Å². The molecule has 2 aromatic rings. The van der Waals surface area contributed by atoms with Crippen LogP contribution in [0.5, 0.6) is 0 Å². The van der Waals surface area contributed by atoms with Gasteiger partial charge in [0.25, 0.3) is 11.8 Å². The molecule has 0 radical (unpaired) electrons. The Morgan fingerprint density at radius 1 is 1.41 bits per heavy atom. The van der Waals surface area contributed by atoms with Gasteiger partial charge in [-0.1, -0.05) is 16.9 Å². The molecule has 2 aromatic heterocycles. The van der Waals surface area contributed by atoms with Crippen LogP contribution in [0, 0.1) is 0 Å². The first-order chi connectivity index (χ1) is 16.4. The fourth-order valence-electron chi connectivity index (χ4n) is 3.20. The highest BCUT2D eigenvalue weighted by atomic mass is 32.2. The minimum absolute atomic E-state index is 0.122. The van der Waals surface area contributed by atoms with Crippen LogP contribution in [0.15, 0.2) is 56.9 Å². The molecule has 2 unspecified atom stereocenters. The lowest BCUT2D eigenvalue weighted by atomic mass is 10.0. The first-order valence-electron chi connectivity index (χ1n) is 9.55. The van der Waals surface area contributed by atoms with Crippen molar-refractivity contribution in [1.29, 1.82) is 0 Å². The number of nitrogen functional groups attached to an aromatic ring is 1. The average molecular weight is 520 g/mol. The van der Waals surface area contributed by atoms with Crippen LogP contribution in [-0.2, 0) is 19.2 Å². The molecule has 0 aromatic carbocycles. The van der Waals surface area contributed by atoms with E-state index in [0.29, 0.717) is 16.5 Å². The number of carbonyl (C=O) groups is 3. The van der Waals surface area contributed by atoms with Crippen molar-refractivity contribution in [2.75, 3.05) is 18.6 Å². The minimum Gasteiger partial charge on any atom is -0.477 e. The summed E-state index contributed by atoms with van der Waals surface area (Å²) in [5, 5.41) is 19.5. The smallest absolute Gasteiger partial charge is 0.352 e. The number of carbonyl (C=O) groups excluding carboxylic acids is 2. The number of nitrogens with two attached hydrogens (primary N) is 1. The SMILES string of the molecule is CO/N=C(/C(=O)NC1C(=O)N2C(C(=O)O)=C(/C=C/Sc3ncccn3)CSC12)c1csc(N)n1. The molecule has 1 fully saturated rings. The second-order valence-corrected chi connectivity index (χ2v) is 9.55. The summed E-state index contributed by atoms with van der Waals surface area (Å²) in [7, 11) is 1.28. The molecule has 34 heavy (non-hydrogen) atoms. The lowest BCUT2D eigenvalue weighted by molar-refractivity contribution is -0.150. The van der Waals surface area contributed by atoms with Gasteiger partial charge in [0.15, 0.2) is 16.0 Å². The third kappa shape index (κ3) is 4.76. The van der Waals surface area contributed by atoms with Crippen molar-refractivity contribution in [3.8, 4) is 0 Å². The molecule has 2 aliphatic rings. The van der Waals surface area contributed by atoms with E-state index in [1.54, 1.807) is 35.3 Å². The lowest BCUT2D eigenvalue weighted by Gasteiger charge is -2.49. The molecule has 0 spiro atoms. The molecular weight excluding hydrogens is 502 g/mol. The van der Waals surface area contributed by atoms with E-state index in [1.165, 1.54) is 35.5 Å². The number of carboxylic acid groups (broad SMARTS) is 1. The van der Waals surface area contributed by atoms with Crippen molar-refractivity contribution in [3.05, 3.63) is 52.3 Å². The number of β-lactam (4-membered cyclic amide) rings is 1. The number of rotatable bonds is 8. The summed E-state index contributed by atoms with van der Waals surface area (Å²) >= 11 is 3.69. The van der Waals surface area contributed by atoms with Gasteiger partial charge in [0.05, 0.1) is 0 Å². The van der Waals surface area contributed by atoms with Crippen LogP contribution in [0.1, 0.15) is 5.69 Å². The van der Waals surface area contributed by atoms with E-state index in [0.717, 1.165) is 11.3 Å². The Hall–Kier alpha value is -3.43. The van der Waals surface area contributed by atoms with Crippen molar-refractivity contribution >= 4 is 63.5 Å². The number of aliphatic carboxylic acids is 1. The summed E-state index contributed by atoms with van der Waals surface area (Å²) in [4.78, 5) is 55.7. The Bertz CT molecular complexity index is 1210. The Balaban J connectivity index is 1.49. The summed E-state index contributed by atoms with van der Waals surface area (Å²) in [6.07, 6.45) is 4.83. The number of aromatic nitrogens is 3. The van der Waals surface area contributed by atoms with Gasteiger partial charge in [-0.15, -0.1) is 23.1 Å². The molecule has 0 saturated carbocycles. The first kappa shape index (κ1) is 23.7. The van der Waals surface area contributed by atoms with Crippen molar-refractivity contribution in [1.82, 2.24) is 25.2 Å². The van der Waals surface area contributed by atoms with Gasteiger partial charge in [0.2, 0.25) is 0 Å². The van der Waals surface area contributed by atoms with Crippen LogP contribution in [0.25, 0.3) is 0 Å². The molecule has 1 saturated heterocycles. The van der Waals surface area contributed by atoms with Crippen molar-refractivity contribution < 1.29 is 24.3 Å². The maximum absolute atomic E-state index is 12.9. The number of nitrogens with one attached hydrogen (secondary N) is 1. The van der Waals surface area contributed by atoms with E-state index in [4.69, 9.17) is 10.6 Å².